The van der Waals surface area contributed by atoms with E-state index in [1.165, 1.54) is 0 Å². The molecule has 5 heteroatoms. The number of aryl methyl sites for hydroxylation is 2. The molecule has 0 spiro atoms. The van der Waals surface area contributed by atoms with E-state index in [4.69, 9.17) is 0 Å². The van der Waals surface area contributed by atoms with Crippen molar-refractivity contribution in [3.63, 3.8) is 0 Å². The highest BCUT2D eigenvalue weighted by molar-refractivity contribution is 5.93. The fourth-order valence-electron chi connectivity index (χ4n) is 3.66. The first kappa shape index (κ1) is 23.4. The van der Waals surface area contributed by atoms with Crippen LogP contribution in [0.4, 0.5) is 5.69 Å². The summed E-state index contributed by atoms with van der Waals surface area (Å²) < 4.78 is 0. The maximum absolute atomic E-state index is 12.8. The molecule has 0 heterocycles. The van der Waals surface area contributed by atoms with Crippen molar-refractivity contribution in [2.45, 2.75) is 78.7 Å². The molecular formula is C24H39N3O2. The normalized spacial score (nSPS) is 13.6. The Kier molecular flexibility index (Phi) is 9.65. The van der Waals surface area contributed by atoms with Crippen LogP contribution >= 0.6 is 0 Å². The van der Waals surface area contributed by atoms with Crippen LogP contribution in [0.2, 0.25) is 0 Å². The van der Waals surface area contributed by atoms with Crippen molar-refractivity contribution >= 4 is 17.5 Å². The zero-order chi connectivity index (χ0) is 21.2. The van der Waals surface area contributed by atoms with Crippen molar-refractivity contribution in [2.24, 2.45) is 0 Å². The number of rotatable bonds is 13. The second-order valence-corrected chi connectivity index (χ2v) is 8.35. The minimum Gasteiger partial charge on any atom is -0.343 e. The maximum atomic E-state index is 12.8. The van der Waals surface area contributed by atoms with Crippen LogP contribution in [0, 0.1) is 13.8 Å². The van der Waals surface area contributed by atoms with Gasteiger partial charge in [0.05, 0.1) is 6.54 Å². The standard InChI is InChI=1S/C24H39N3O2/c1-5-7-15-26(16-8-6-2)23(29)14-17-27(21-12-13-21)18-22(28)25-24-19(3)10-9-11-20(24)4/h9-11,21H,5-8,12-18H2,1-4H3,(H,25,28). The molecule has 5 nitrogen and oxygen atoms in total. The van der Waals surface area contributed by atoms with E-state index >= 15 is 0 Å². The van der Waals surface area contributed by atoms with Crippen molar-refractivity contribution in [2.75, 3.05) is 31.5 Å². The summed E-state index contributed by atoms with van der Waals surface area (Å²) in [5.74, 6) is 0.239. The molecule has 1 aromatic carbocycles. The summed E-state index contributed by atoms with van der Waals surface area (Å²) in [5.41, 5.74) is 3.07. The van der Waals surface area contributed by atoms with Gasteiger partial charge in [0.2, 0.25) is 11.8 Å². The molecule has 0 aliphatic heterocycles. The van der Waals surface area contributed by atoms with Crippen molar-refractivity contribution < 1.29 is 9.59 Å². The number of benzene rings is 1. The Balaban J connectivity index is 1.89. The van der Waals surface area contributed by atoms with Crippen LogP contribution in [0.1, 0.15) is 69.9 Å². The van der Waals surface area contributed by atoms with E-state index in [9.17, 15) is 9.59 Å². The number of carbonyl (C=O) groups excluding carboxylic acids is 2. The minimum absolute atomic E-state index is 0.00979. The van der Waals surface area contributed by atoms with Crippen LogP contribution < -0.4 is 5.32 Å². The molecule has 162 valence electrons. The number of amides is 2. The highest BCUT2D eigenvalue weighted by atomic mass is 16.2. The van der Waals surface area contributed by atoms with E-state index in [1.54, 1.807) is 0 Å². The Morgan fingerprint density at radius 1 is 1.00 bits per heavy atom. The number of unbranched alkanes of at least 4 members (excludes halogenated alkanes) is 2. The molecule has 2 amide bonds. The molecule has 1 aliphatic carbocycles. The molecule has 1 aromatic rings. The number of anilines is 1. The first-order valence-electron chi connectivity index (χ1n) is 11.3. The Labute approximate surface area is 176 Å². The first-order chi connectivity index (χ1) is 14.0. The Bertz CT molecular complexity index is 642. The highest BCUT2D eigenvalue weighted by Crippen LogP contribution is 2.27. The predicted octanol–water partition coefficient (Wildman–Crippen LogP) is 4.53. The topological polar surface area (TPSA) is 52.7 Å². The van der Waals surface area contributed by atoms with E-state index in [2.05, 4.69) is 24.1 Å². The maximum Gasteiger partial charge on any atom is 0.238 e. The van der Waals surface area contributed by atoms with E-state index in [0.717, 1.165) is 68.4 Å². The number of hydrogen-bond donors (Lipinski definition) is 1. The molecule has 29 heavy (non-hydrogen) atoms. The van der Waals surface area contributed by atoms with Gasteiger partial charge in [-0.15, -0.1) is 0 Å². The van der Waals surface area contributed by atoms with Gasteiger partial charge < -0.3 is 10.2 Å². The highest BCUT2D eigenvalue weighted by Gasteiger charge is 2.31. The quantitative estimate of drug-likeness (QED) is 0.528. The summed E-state index contributed by atoms with van der Waals surface area (Å²) >= 11 is 0. The average molecular weight is 402 g/mol. The van der Waals surface area contributed by atoms with Crippen LogP contribution in [0.3, 0.4) is 0 Å². The SMILES string of the molecule is CCCCN(CCCC)C(=O)CCN(CC(=O)Nc1c(C)cccc1C)C1CC1. The summed E-state index contributed by atoms with van der Waals surface area (Å²) in [6.07, 6.45) is 7.06. The molecule has 2 rings (SSSR count). The van der Waals surface area contributed by atoms with Crippen molar-refractivity contribution in [3.8, 4) is 0 Å². The zero-order valence-corrected chi connectivity index (χ0v) is 18.8. The molecule has 1 saturated carbocycles. The zero-order valence-electron chi connectivity index (χ0n) is 18.8. The van der Waals surface area contributed by atoms with E-state index in [0.29, 0.717) is 25.6 Å². The summed E-state index contributed by atoms with van der Waals surface area (Å²) in [6, 6.07) is 6.49. The number of hydrogen-bond acceptors (Lipinski definition) is 3. The summed E-state index contributed by atoms with van der Waals surface area (Å²) in [6.45, 7) is 11.1. The predicted molar refractivity (Wildman–Crippen MR) is 120 cm³/mol. The minimum atomic E-state index is 0.00979. The summed E-state index contributed by atoms with van der Waals surface area (Å²) in [5, 5.41) is 3.08. The van der Waals surface area contributed by atoms with Gasteiger partial charge in [0.15, 0.2) is 0 Å². The third kappa shape index (κ3) is 7.81. The van der Waals surface area contributed by atoms with E-state index in [1.807, 2.05) is 36.9 Å². The molecule has 0 bridgehead atoms. The van der Waals surface area contributed by atoms with Crippen LogP contribution in [0.25, 0.3) is 0 Å². The summed E-state index contributed by atoms with van der Waals surface area (Å²) in [4.78, 5) is 29.7. The molecule has 0 unspecified atom stereocenters. The lowest BCUT2D eigenvalue weighted by molar-refractivity contribution is -0.132. The smallest absolute Gasteiger partial charge is 0.238 e. The lowest BCUT2D eigenvalue weighted by atomic mass is 10.1. The van der Waals surface area contributed by atoms with Gasteiger partial charge in [-0.3, -0.25) is 14.5 Å². The molecule has 0 saturated heterocycles. The van der Waals surface area contributed by atoms with Gasteiger partial charge in [-0.1, -0.05) is 44.9 Å². The second kappa shape index (κ2) is 12.0. The first-order valence-corrected chi connectivity index (χ1v) is 11.3. The Morgan fingerprint density at radius 2 is 1.59 bits per heavy atom. The van der Waals surface area contributed by atoms with Gasteiger partial charge >= 0.3 is 0 Å². The lowest BCUT2D eigenvalue weighted by Gasteiger charge is -2.26. The van der Waals surface area contributed by atoms with Gasteiger partial charge in [0, 0.05) is 37.8 Å². The van der Waals surface area contributed by atoms with Crippen molar-refractivity contribution in [1.29, 1.82) is 0 Å². The molecule has 1 fully saturated rings. The molecule has 1 N–H and O–H groups in total. The molecule has 0 aromatic heterocycles. The van der Waals surface area contributed by atoms with Gasteiger partial charge in [0.1, 0.15) is 0 Å². The van der Waals surface area contributed by atoms with Gasteiger partial charge in [0.25, 0.3) is 0 Å². The molecule has 1 aliphatic rings. The van der Waals surface area contributed by atoms with Gasteiger partial charge in [-0.05, 0) is 50.7 Å². The molecular weight excluding hydrogens is 362 g/mol. The van der Waals surface area contributed by atoms with Gasteiger partial charge in [-0.25, -0.2) is 0 Å². The Morgan fingerprint density at radius 3 is 2.10 bits per heavy atom. The third-order valence-corrected chi connectivity index (χ3v) is 5.68. The molecule has 0 atom stereocenters. The largest absolute Gasteiger partial charge is 0.343 e. The number of carbonyl (C=O) groups is 2. The number of nitrogens with one attached hydrogen (secondary N) is 1. The number of para-hydroxylation sites is 1. The monoisotopic (exact) mass is 401 g/mol. The van der Waals surface area contributed by atoms with Crippen LogP contribution in [-0.2, 0) is 9.59 Å². The third-order valence-electron chi connectivity index (χ3n) is 5.68. The number of nitrogens with zero attached hydrogens (tertiary/aromatic N) is 2. The van der Waals surface area contributed by atoms with Crippen LogP contribution in [0.5, 0.6) is 0 Å². The molecule has 0 radical (unpaired) electrons. The van der Waals surface area contributed by atoms with E-state index in [-0.39, 0.29) is 11.8 Å². The fourth-order valence-corrected chi connectivity index (χ4v) is 3.66. The summed E-state index contributed by atoms with van der Waals surface area (Å²) in [7, 11) is 0. The second-order valence-electron chi connectivity index (χ2n) is 8.35. The van der Waals surface area contributed by atoms with Crippen molar-refractivity contribution in [1.82, 2.24) is 9.80 Å². The van der Waals surface area contributed by atoms with Crippen molar-refractivity contribution in [3.05, 3.63) is 29.3 Å². The lowest BCUT2D eigenvalue weighted by Crippen LogP contribution is -2.39. The average Bonchev–Trinajstić information content (AvgIpc) is 3.53. The Hall–Kier alpha value is -1.88. The fraction of sp³-hybridized carbons (Fsp3) is 0.667. The van der Waals surface area contributed by atoms with Crippen LogP contribution in [-0.4, -0.2) is 53.8 Å². The van der Waals surface area contributed by atoms with Gasteiger partial charge in [-0.2, -0.15) is 0 Å². The van der Waals surface area contributed by atoms with E-state index < -0.39 is 0 Å². The van der Waals surface area contributed by atoms with Crippen LogP contribution in [0.15, 0.2) is 18.2 Å².